The Hall–Kier alpha value is -1.71. The lowest BCUT2D eigenvalue weighted by Crippen LogP contribution is -2.51. The molecule has 2 aromatic carbocycles. The van der Waals surface area contributed by atoms with Gasteiger partial charge in [-0.15, -0.1) is 0 Å². The molecule has 0 radical (unpaired) electrons. The van der Waals surface area contributed by atoms with Crippen molar-refractivity contribution in [3.05, 3.63) is 62.1 Å². The number of benzene rings is 2. The Bertz CT molecular complexity index is 1140. The maximum Gasteiger partial charge on any atom is 0.244 e. The van der Waals surface area contributed by atoms with Gasteiger partial charge < -0.3 is 10.2 Å². The van der Waals surface area contributed by atoms with Crippen molar-refractivity contribution in [2.45, 2.75) is 26.4 Å². The number of carbonyl (C=O) groups is 2. The maximum absolute atomic E-state index is 13.4. The summed E-state index contributed by atoms with van der Waals surface area (Å²) in [4.78, 5) is 27.2. The highest BCUT2D eigenvalue weighted by Crippen LogP contribution is 2.35. The number of nitrogens with zero attached hydrogens (tertiary/aromatic N) is 2. The molecule has 0 aliphatic heterocycles. The average Bonchev–Trinajstić information content (AvgIpc) is 2.73. The highest BCUT2D eigenvalue weighted by atomic mass is 35.5. The molecule has 0 spiro atoms. The van der Waals surface area contributed by atoms with Crippen LogP contribution < -0.4 is 9.62 Å². The van der Waals surface area contributed by atoms with Gasteiger partial charge in [-0.2, -0.15) is 0 Å². The first-order valence-electron chi connectivity index (χ1n) is 9.79. The molecule has 180 valence electrons. The third-order valence-corrected chi connectivity index (χ3v) is 7.27. The Morgan fingerprint density at radius 1 is 1.00 bits per heavy atom. The molecular formula is C21H23Cl4N3O4S. The van der Waals surface area contributed by atoms with E-state index in [4.69, 9.17) is 46.4 Å². The summed E-state index contributed by atoms with van der Waals surface area (Å²) in [6.45, 7) is 3.04. The van der Waals surface area contributed by atoms with Crippen molar-refractivity contribution in [2.24, 2.45) is 0 Å². The van der Waals surface area contributed by atoms with Gasteiger partial charge in [0.1, 0.15) is 12.6 Å². The molecule has 2 aromatic rings. The van der Waals surface area contributed by atoms with E-state index in [9.17, 15) is 18.0 Å². The summed E-state index contributed by atoms with van der Waals surface area (Å²) in [5.41, 5.74) is 0.590. The summed E-state index contributed by atoms with van der Waals surface area (Å²) in [6.07, 6.45) is 0.935. The predicted octanol–water partition coefficient (Wildman–Crippen LogP) is 4.62. The van der Waals surface area contributed by atoms with Crippen LogP contribution in [0.4, 0.5) is 5.69 Å². The Labute approximate surface area is 213 Å². The van der Waals surface area contributed by atoms with Crippen LogP contribution in [0.1, 0.15) is 19.4 Å². The number of hydrogen-bond donors (Lipinski definition) is 1. The number of carbonyl (C=O) groups excluding carboxylic acids is 2. The molecule has 0 heterocycles. The second-order valence-electron chi connectivity index (χ2n) is 7.17. The smallest absolute Gasteiger partial charge is 0.244 e. The number of hydrogen-bond acceptors (Lipinski definition) is 4. The zero-order valence-electron chi connectivity index (χ0n) is 18.1. The number of likely N-dealkylation sites (N-methyl/N-ethyl adjacent to an activating group) is 1. The van der Waals surface area contributed by atoms with Crippen LogP contribution in [0.15, 0.2) is 36.4 Å². The minimum Gasteiger partial charge on any atom is -0.355 e. The predicted molar refractivity (Wildman–Crippen MR) is 134 cm³/mol. The largest absolute Gasteiger partial charge is 0.355 e. The van der Waals surface area contributed by atoms with E-state index >= 15 is 0 Å². The maximum atomic E-state index is 13.4. The van der Waals surface area contributed by atoms with E-state index in [2.05, 4.69) is 5.32 Å². The molecular weight excluding hydrogens is 532 g/mol. The van der Waals surface area contributed by atoms with E-state index in [1.807, 2.05) is 0 Å². The van der Waals surface area contributed by atoms with Gasteiger partial charge in [0.15, 0.2) is 0 Å². The second-order valence-corrected chi connectivity index (χ2v) is 10.7. The molecule has 1 N–H and O–H groups in total. The lowest BCUT2D eigenvalue weighted by molar-refractivity contribution is -0.139. The lowest BCUT2D eigenvalue weighted by Gasteiger charge is -2.32. The fourth-order valence-corrected chi connectivity index (χ4v) is 4.75. The van der Waals surface area contributed by atoms with E-state index < -0.39 is 34.4 Å². The van der Waals surface area contributed by atoms with Gasteiger partial charge in [0.05, 0.1) is 27.0 Å². The number of anilines is 1. The lowest BCUT2D eigenvalue weighted by atomic mass is 10.1. The topological polar surface area (TPSA) is 86.8 Å². The van der Waals surface area contributed by atoms with Crippen LogP contribution >= 0.6 is 46.4 Å². The Balaban J connectivity index is 2.47. The third kappa shape index (κ3) is 7.13. The molecule has 0 saturated heterocycles. The van der Waals surface area contributed by atoms with Gasteiger partial charge in [-0.25, -0.2) is 8.42 Å². The van der Waals surface area contributed by atoms with Crippen molar-refractivity contribution < 1.29 is 18.0 Å². The fourth-order valence-electron chi connectivity index (χ4n) is 3.01. The van der Waals surface area contributed by atoms with Crippen molar-refractivity contribution >= 4 is 73.9 Å². The SMILES string of the molecule is CCNC(=O)[C@H](C)N(Cc1ccccc1Cl)C(=O)CN(c1cc(Cl)c(Cl)cc1Cl)S(C)(=O)=O. The van der Waals surface area contributed by atoms with Crippen LogP contribution in [0.5, 0.6) is 0 Å². The first kappa shape index (κ1) is 27.5. The number of amides is 2. The molecule has 0 bridgehead atoms. The van der Waals surface area contributed by atoms with Crippen LogP contribution in [-0.4, -0.2) is 50.5 Å². The molecule has 1 atom stereocenters. The summed E-state index contributed by atoms with van der Waals surface area (Å²) in [6, 6.07) is 8.53. The first-order valence-corrected chi connectivity index (χ1v) is 13.2. The molecule has 2 rings (SSSR count). The van der Waals surface area contributed by atoms with Gasteiger partial charge in [-0.1, -0.05) is 64.6 Å². The number of rotatable bonds is 9. The first-order chi connectivity index (χ1) is 15.4. The van der Waals surface area contributed by atoms with Gasteiger partial charge in [0.25, 0.3) is 0 Å². The Morgan fingerprint density at radius 2 is 1.61 bits per heavy atom. The zero-order valence-corrected chi connectivity index (χ0v) is 22.0. The molecule has 7 nitrogen and oxygen atoms in total. The molecule has 0 fully saturated rings. The zero-order chi connectivity index (χ0) is 24.9. The molecule has 33 heavy (non-hydrogen) atoms. The van der Waals surface area contributed by atoms with E-state index in [0.29, 0.717) is 17.1 Å². The van der Waals surface area contributed by atoms with Gasteiger partial charge in [-0.3, -0.25) is 13.9 Å². The summed E-state index contributed by atoms with van der Waals surface area (Å²) in [5, 5.41) is 3.28. The Kier molecular flexibility index (Phi) is 9.70. The molecule has 2 amide bonds. The molecule has 0 unspecified atom stereocenters. The van der Waals surface area contributed by atoms with E-state index in [0.717, 1.165) is 10.6 Å². The van der Waals surface area contributed by atoms with Gasteiger partial charge in [0, 0.05) is 18.1 Å². The molecule has 0 saturated carbocycles. The molecule has 0 aromatic heterocycles. The normalized spacial score (nSPS) is 12.2. The van der Waals surface area contributed by atoms with E-state index in [1.165, 1.54) is 17.0 Å². The average molecular weight is 555 g/mol. The van der Waals surface area contributed by atoms with Crippen LogP contribution in [0.3, 0.4) is 0 Å². The second kappa shape index (κ2) is 11.6. The van der Waals surface area contributed by atoms with Gasteiger partial charge in [0.2, 0.25) is 21.8 Å². The Morgan fingerprint density at radius 3 is 2.18 bits per heavy atom. The summed E-state index contributed by atoms with van der Waals surface area (Å²) in [5.74, 6) is -1.03. The monoisotopic (exact) mass is 553 g/mol. The quantitative estimate of drug-likeness (QED) is 0.458. The van der Waals surface area contributed by atoms with Crippen molar-refractivity contribution in [1.82, 2.24) is 10.2 Å². The molecule has 0 aliphatic rings. The minimum atomic E-state index is -3.96. The number of halogens is 4. The van der Waals surface area contributed by atoms with Gasteiger partial charge in [-0.05, 0) is 37.6 Å². The van der Waals surface area contributed by atoms with Crippen molar-refractivity contribution in [1.29, 1.82) is 0 Å². The van der Waals surface area contributed by atoms with Crippen LogP contribution in [0.2, 0.25) is 20.1 Å². The highest BCUT2D eigenvalue weighted by molar-refractivity contribution is 7.92. The minimum absolute atomic E-state index is 0.00273. The summed E-state index contributed by atoms with van der Waals surface area (Å²) >= 11 is 24.5. The fraction of sp³-hybridized carbons (Fsp3) is 0.333. The van der Waals surface area contributed by atoms with E-state index in [-0.39, 0.29) is 27.3 Å². The van der Waals surface area contributed by atoms with Crippen molar-refractivity contribution in [3.8, 4) is 0 Å². The van der Waals surface area contributed by atoms with Crippen LogP contribution in [0, 0.1) is 0 Å². The molecule has 0 aliphatic carbocycles. The van der Waals surface area contributed by atoms with Crippen molar-refractivity contribution in [2.75, 3.05) is 23.7 Å². The summed E-state index contributed by atoms with van der Waals surface area (Å²) in [7, 11) is -3.96. The summed E-state index contributed by atoms with van der Waals surface area (Å²) < 4.78 is 26.0. The number of nitrogens with one attached hydrogen (secondary N) is 1. The van der Waals surface area contributed by atoms with E-state index in [1.54, 1.807) is 38.1 Å². The number of sulfonamides is 1. The van der Waals surface area contributed by atoms with Crippen LogP contribution in [-0.2, 0) is 26.2 Å². The van der Waals surface area contributed by atoms with Crippen molar-refractivity contribution in [3.63, 3.8) is 0 Å². The third-order valence-electron chi connectivity index (χ3n) is 4.75. The van der Waals surface area contributed by atoms with Crippen LogP contribution in [0.25, 0.3) is 0 Å². The standard InChI is InChI=1S/C21H23Cl4N3O4S/c1-4-26-21(30)13(2)27(11-14-7-5-6-8-15(14)22)20(29)12-28(33(3,31)32)19-10-17(24)16(23)9-18(19)25/h5-10,13H,4,11-12H2,1-3H3,(H,26,30)/t13-/m0/s1. The highest BCUT2D eigenvalue weighted by Gasteiger charge is 2.31. The van der Waals surface area contributed by atoms with Gasteiger partial charge >= 0.3 is 0 Å². The molecule has 12 heteroatoms.